The molecule has 2 heterocycles. The van der Waals surface area contributed by atoms with Crippen molar-refractivity contribution in [2.45, 2.75) is 18.9 Å². The van der Waals surface area contributed by atoms with Crippen LogP contribution in [0.2, 0.25) is 0 Å². The van der Waals surface area contributed by atoms with Crippen molar-refractivity contribution in [1.29, 1.82) is 0 Å². The monoisotopic (exact) mass is 197 g/mol. The number of thiophene rings is 1. The van der Waals surface area contributed by atoms with E-state index < -0.39 is 0 Å². The Morgan fingerprint density at radius 3 is 2.77 bits per heavy atom. The fraction of sp³-hybridized carbons (Fsp3) is 0.600. The highest BCUT2D eigenvalue weighted by Crippen LogP contribution is 2.22. The molecule has 0 unspecified atom stereocenters. The fourth-order valence-electron chi connectivity index (χ4n) is 1.79. The lowest BCUT2D eigenvalue weighted by Gasteiger charge is -2.32. The number of ether oxygens (including phenoxy) is 1. The molecule has 1 saturated heterocycles. The summed E-state index contributed by atoms with van der Waals surface area (Å²) in [5.74, 6) is 0. The number of nitrogens with zero attached hydrogens (tertiary/aromatic N) is 1. The number of anilines is 1. The van der Waals surface area contributed by atoms with Crippen molar-refractivity contribution < 1.29 is 4.74 Å². The average molecular weight is 197 g/mol. The highest BCUT2D eigenvalue weighted by molar-refractivity contribution is 7.08. The van der Waals surface area contributed by atoms with Crippen LogP contribution in [0.3, 0.4) is 0 Å². The van der Waals surface area contributed by atoms with E-state index in [-0.39, 0.29) is 0 Å². The predicted octanol–water partition coefficient (Wildman–Crippen LogP) is 2.36. The third kappa shape index (κ3) is 2.03. The molecule has 1 aromatic rings. The van der Waals surface area contributed by atoms with E-state index in [0.717, 1.165) is 25.9 Å². The number of methoxy groups -OCH3 is 1. The molecule has 1 fully saturated rings. The van der Waals surface area contributed by atoms with Crippen LogP contribution in [-0.4, -0.2) is 26.3 Å². The van der Waals surface area contributed by atoms with Crippen LogP contribution in [-0.2, 0) is 4.74 Å². The molecule has 13 heavy (non-hydrogen) atoms. The summed E-state index contributed by atoms with van der Waals surface area (Å²) in [6.07, 6.45) is 2.80. The summed E-state index contributed by atoms with van der Waals surface area (Å²) in [5, 5.41) is 4.35. The molecule has 2 rings (SSSR count). The van der Waals surface area contributed by atoms with E-state index in [1.54, 1.807) is 11.3 Å². The minimum Gasteiger partial charge on any atom is -0.381 e. The van der Waals surface area contributed by atoms with Gasteiger partial charge in [-0.25, -0.2) is 0 Å². The number of piperidine rings is 1. The molecule has 1 aliphatic rings. The van der Waals surface area contributed by atoms with Gasteiger partial charge in [0.05, 0.1) is 6.10 Å². The van der Waals surface area contributed by atoms with Gasteiger partial charge in [-0.05, 0) is 24.3 Å². The number of hydrogen-bond donors (Lipinski definition) is 0. The Balaban J connectivity index is 1.92. The summed E-state index contributed by atoms with van der Waals surface area (Å²) in [6, 6.07) is 2.19. The van der Waals surface area contributed by atoms with Gasteiger partial charge in [0.1, 0.15) is 0 Å². The smallest absolute Gasteiger partial charge is 0.0605 e. The van der Waals surface area contributed by atoms with Crippen LogP contribution >= 0.6 is 11.3 Å². The first-order chi connectivity index (χ1) is 6.40. The van der Waals surface area contributed by atoms with Crippen LogP contribution in [0.15, 0.2) is 16.8 Å². The Morgan fingerprint density at radius 2 is 2.23 bits per heavy atom. The normalized spacial score (nSPS) is 19.3. The van der Waals surface area contributed by atoms with Gasteiger partial charge in [-0.3, -0.25) is 0 Å². The second-order valence-corrected chi connectivity index (χ2v) is 4.18. The van der Waals surface area contributed by atoms with Crippen LogP contribution in [0, 0.1) is 0 Å². The molecule has 0 amide bonds. The molecule has 0 aliphatic carbocycles. The van der Waals surface area contributed by atoms with Crippen molar-refractivity contribution in [3.05, 3.63) is 16.8 Å². The summed E-state index contributed by atoms with van der Waals surface area (Å²) in [7, 11) is 1.81. The third-order valence-electron chi connectivity index (χ3n) is 2.65. The van der Waals surface area contributed by atoms with Gasteiger partial charge in [0.15, 0.2) is 0 Å². The van der Waals surface area contributed by atoms with Crippen LogP contribution in [0.5, 0.6) is 0 Å². The molecule has 72 valence electrons. The largest absolute Gasteiger partial charge is 0.381 e. The first-order valence-electron chi connectivity index (χ1n) is 4.70. The Labute approximate surface area is 83.1 Å². The SMILES string of the molecule is COC1CCN(c2ccsc2)CC1. The molecule has 0 atom stereocenters. The molecular weight excluding hydrogens is 182 g/mol. The predicted molar refractivity (Wildman–Crippen MR) is 56.6 cm³/mol. The summed E-state index contributed by atoms with van der Waals surface area (Å²) >= 11 is 1.77. The summed E-state index contributed by atoms with van der Waals surface area (Å²) in [5.41, 5.74) is 1.37. The lowest BCUT2D eigenvalue weighted by Crippen LogP contribution is -2.36. The fourth-order valence-corrected chi connectivity index (χ4v) is 2.45. The summed E-state index contributed by atoms with van der Waals surface area (Å²) < 4.78 is 5.33. The van der Waals surface area contributed by atoms with Gasteiger partial charge >= 0.3 is 0 Å². The van der Waals surface area contributed by atoms with Gasteiger partial charge in [-0.1, -0.05) is 0 Å². The van der Waals surface area contributed by atoms with Crippen LogP contribution in [0.4, 0.5) is 5.69 Å². The van der Waals surface area contributed by atoms with Crippen molar-refractivity contribution in [3.63, 3.8) is 0 Å². The Morgan fingerprint density at radius 1 is 1.46 bits per heavy atom. The van der Waals surface area contributed by atoms with Crippen molar-refractivity contribution in [3.8, 4) is 0 Å². The highest BCUT2D eigenvalue weighted by atomic mass is 32.1. The second kappa shape index (κ2) is 4.11. The maximum absolute atomic E-state index is 5.33. The molecule has 0 radical (unpaired) electrons. The quantitative estimate of drug-likeness (QED) is 0.721. The zero-order valence-corrected chi connectivity index (χ0v) is 8.72. The van der Waals surface area contributed by atoms with Gasteiger partial charge in [0.2, 0.25) is 0 Å². The molecule has 2 nitrogen and oxygen atoms in total. The minimum absolute atomic E-state index is 0.481. The van der Waals surface area contributed by atoms with Gasteiger partial charge in [0, 0.05) is 31.3 Å². The number of rotatable bonds is 2. The van der Waals surface area contributed by atoms with E-state index in [9.17, 15) is 0 Å². The maximum atomic E-state index is 5.33. The summed E-state index contributed by atoms with van der Waals surface area (Å²) in [4.78, 5) is 2.44. The van der Waals surface area contributed by atoms with E-state index in [1.165, 1.54) is 5.69 Å². The average Bonchev–Trinajstić information content (AvgIpc) is 2.71. The maximum Gasteiger partial charge on any atom is 0.0605 e. The molecule has 1 aliphatic heterocycles. The van der Waals surface area contributed by atoms with Gasteiger partial charge < -0.3 is 9.64 Å². The zero-order chi connectivity index (χ0) is 9.10. The number of hydrogen-bond acceptors (Lipinski definition) is 3. The highest BCUT2D eigenvalue weighted by Gasteiger charge is 2.18. The second-order valence-electron chi connectivity index (χ2n) is 3.40. The zero-order valence-electron chi connectivity index (χ0n) is 7.90. The van der Waals surface area contributed by atoms with Crippen LogP contribution in [0.25, 0.3) is 0 Å². The molecule has 0 saturated carbocycles. The van der Waals surface area contributed by atoms with Gasteiger partial charge in [0.25, 0.3) is 0 Å². The first-order valence-corrected chi connectivity index (χ1v) is 5.64. The van der Waals surface area contributed by atoms with E-state index in [2.05, 4.69) is 21.7 Å². The van der Waals surface area contributed by atoms with Gasteiger partial charge in [-0.15, -0.1) is 0 Å². The molecule has 0 spiro atoms. The van der Waals surface area contributed by atoms with Gasteiger partial charge in [-0.2, -0.15) is 11.3 Å². The van der Waals surface area contributed by atoms with Crippen molar-refractivity contribution in [2.75, 3.05) is 25.1 Å². The summed E-state index contributed by atoms with van der Waals surface area (Å²) in [6.45, 7) is 2.27. The van der Waals surface area contributed by atoms with Crippen LogP contribution in [0.1, 0.15) is 12.8 Å². The Kier molecular flexibility index (Phi) is 2.86. The molecule has 0 N–H and O–H groups in total. The van der Waals surface area contributed by atoms with E-state index in [1.807, 2.05) is 7.11 Å². The Hall–Kier alpha value is -0.540. The lowest BCUT2D eigenvalue weighted by molar-refractivity contribution is 0.0819. The molecule has 3 heteroatoms. The third-order valence-corrected chi connectivity index (χ3v) is 3.32. The Bertz CT molecular complexity index is 239. The molecular formula is C10H15NOS. The topological polar surface area (TPSA) is 12.5 Å². The van der Waals surface area contributed by atoms with Crippen molar-refractivity contribution >= 4 is 17.0 Å². The molecule has 0 bridgehead atoms. The van der Waals surface area contributed by atoms with E-state index in [4.69, 9.17) is 4.74 Å². The van der Waals surface area contributed by atoms with Crippen molar-refractivity contribution in [2.24, 2.45) is 0 Å². The van der Waals surface area contributed by atoms with E-state index in [0.29, 0.717) is 6.10 Å². The molecule has 1 aromatic heterocycles. The lowest BCUT2D eigenvalue weighted by atomic mass is 10.1. The first kappa shape index (κ1) is 9.03. The van der Waals surface area contributed by atoms with Crippen LogP contribution < -0.4 is 4.90 Å². The standard InChI is InChI=1S/C10H15NOS/c1-12-10-2-5-11(6-3-10)9-4-7-13-8-9/h4,7-8,10H,2-3,5-6H2,1H3. The van der Waals surface area contributed by atoms with Crippen molar-refractivity contribution in [1.82, 2.24) is 0 Å². The molecule has 0 aromatic carbocycles. The minimum atomic E-state index is 0.481. The van der Waals surface area contributed by atoms with E-state index >= 15 is 0 Å².